The molecule has 0 aliphatic rings. The molecule has 0 aliphatic carbocycles. The highest BCUT2D eigenvalue weighted by Crippen LogP contribution is 2.23. The van der Waals surface area contributed by atoms with E-state index in [2.05, 4.69) is 21.2 Å². The van der Waals surface area contributed by atoms with Gasteiger partial charge in [0.05, 0.1) is 12.7 Å². The summed E-state index contributed by atoms with van der Waals surface area (Å²) in [6, 6.07) is 5.94. The Labute approximate surface area is 105 Å². The monoisotopic (exact) mass is 287 g/mol. The summed E-state index contributed by atoms with van der Waals surface area (Å²) < 4.78 is 6.56. The van der Waals surface area contributed by atoms with E-state index in [1.807, 2.05) is 25.1 Å². The van der Waals surface area contributed by atoms with Crippen LogP contribution in [0.15, 0.2) is 22.7 Å². The lowest BCUT2D eigenvalue weighted by Gasteiger charge is -2.12. The first kappa shape index (κ1) is 13.5. The average molecular weight is 288 g/mol. The SMILES string of the molecule is CCOc1ccc(Br)cc1CNC[C@H](C)O. The predicted octanol–water partition coefficient (Wildman–Crippen LogP) is 2.32. The van der Waals surface area contributed by atoms with Crippen LogP contribution in [-0.2, 0) is 6.54 Å². The van der Waals surface area contributed by atoms with Crippen LogP contribution in [0.1, 0.15) is 19.4 Å². The lowest BCUT2D eigenvalue weighted by atomic mass is 10.2. The van der Waals surface area contributed by atoms with E-state index in [-0.39, 0.29) is 6.10 Å². The third-order valence-electron chi connectivity index (χ3n) is 2.08. The van der Waals surface area contributed by atoms with E-state index in [1.165, 1.54) is 0 Å². The molecular formula is C12H18BrNO2. The van der Waals surface area contributed by atoms with E-state index in [4.69, 9.17) is 9.84 Å². The number of rotatable bonds is 6. The Morgan fingerprint density at radius 2 is 2.25 bits per heavy atom. The van der Waals surface area contributed by atoms with Gasteiger partial charge in [-0.15, -0.1) is 0 Å². The maximum Gasteiger partial charge on any atom is 0.123 e. The zero-order valence-electron chi connectivity index (χ0n) is 9.66. The fraction of sp³-hybridized carbons (Fsp3) is 0.500. The number of halogens is 1. The van der Waals surface area contributed by atoms with Gasteiger partial charge in [-0.3, -0.25) is 0 Å². The van der Waals surface area contributed by atoms with Crippen LogP contribution in [0, 0.1) is 0 Å². The maximum absolute atomic E-state index is 9.15. The predicted molar refractivity (Wildman–Crippen MR) is 68.7 cm³/mol. The summed E-state index contributed by atoms with van der Waals surface area (Å²) in [6.07, 6.45) is -0.331. The second kappa shape index (κ2) is 6.89. The summed E-state index contributed by atoms with van der Waals surface area (Å²) in [4.78, 5) is 0. The van der Waals surface area contributed by atoms with Gasteiger partial charge in [-0.1, -0.05) is 15.9 Å². The van der Waals surface area contributed by atoms with Crippen LogP contribution in [0.5, 0.6) is 5.75 Å². The van der Waals surface area contributed by atoms with Crippen LogP contribution >= 0.6 is 15.9 Å². The first-order valence-corrected chi connectivity index (χ1v) is 6.22. The molecule has 0 heterocycles. The largest absolute Gasteiger partial charge is 0.494 e. The van der Waals surface area contributed by atoms with Crippen molar-refractivity contribution in [3.8, 4) is 5.75 Å². The molecular weight excluding hydrogens is 270 g/mol. The van der Waals surface area contributed by atoms with E-state index in [1.54, 1.807) is 6.92 Å². The van der Waals surface area contributed by atoms with Crippen LogP contribution in [0.25, 0.3) is 0 Å². The standard InChI is InChI=1S/C12H18BrNO2/c1-3-16-12-5-4-11(13)6-10(12)8-14-7-9(2)15/h4-6,9,14-15H,3,7-8H2,1-2H3/t9-/m0/s1. The van der Waals surface area contributed by atoms with Gasteiger partial charge in [0.1, 0.15) is 5.75 Å². The molecule has 2 N–H and O–H groups in total. The number of nitrogens with one attached hydrogen (secondary N) is 1. The molecule has 0 aromatic heterocycles. The minimum atomic E-state index is -0.331. The Morgan fingerprint density at radius 1 is 1.50 bits per heavy atom. The molecule has 0 unspecified atom stereocenters. The van der Waals surface area contributed by atoms with Crippen LogP contribution in [0.3, 0.4) is 0 Å². The highest BCUT2D eigenvalue weighted by atomic mass is 79.9. The van der Waals surface area contributed by atoms with Gasteiger partial charge in [0.2, 0.25) is 0 Å². The molecule has 4 heteroatoms. The second-order valence-electron chi connectivity index (χ2n) is 3.66. The smallest absolute Gasteiger partial charge is 0.123 e. The van der Waals surface area contributed by atoms with Crippen LogP contribution in [0.2, 0.25) is 0 Å². The van der Waals surface area contributed by atoms with Crippen molar-refractivity contribution in [1.29, 1.82) is 0 Å². The molecule has 0 bridgehead atoms. The van der Waals surface area contributed by atoms with Gasteiger partial charge < -0.3 is 15.2 Å². The van der Waals surface area contributed by atoms with Crippen molar-refractivity contribution >= 4 is 15.9 Å². The molecule has 3 nitrogen and oxygen atoms in total. The molecule has 16 heavy (non-hydrogen) atoms. The van der Waals surface area contributed by atoms with Crippen molar-refractivity contribution in [2.75, 3.05) is 13.2 Å². The molecule has 0 radical (unpaired) electrons. The maximum atomic E-state index is 9.15. The van der Waals surface area contributed by atoms with Crippen molar-refractivity contribution in [2.45, 2.75) is 26.5 Å². The van der Waals surface area contributed by atoms with E-state index >= 15 is 0 Å². The van der Waals surface area contributed by atoms with Gasteiger partial charge in [0, 0.05) is 23.1 Å². The first-order chi connectivity index (χ1) is 7.63. The Kier molecular flexibility index (Phi) is 5.80. The van der Waals surface area contributed by atoms with E-state index in [0.29, 0.717) is 19.7 Å². The molecule has 0 saturated heterocycles. The number of hydrogen-bond donors (Lipinski definition) is 2. The Balaban J connectivity index is 2.64. The zero-order chi connectivity index (χ0) is 12.0. The number of ether oxygens (including phenoxy) is 1. The van der Waals surface area contributed by atoms with Gasteiger partial charge in [-0.05, 0) is 32.0 Å². The van der Waals surface area contributed by atoms with Crippen molar-refractivity contribution in [2.24, 2.45) is 0 Å². The number of aliphatic hydroxyl groups is 1. The third-order valence-corrected chi connectivity index (χ3v) is 2.57. The molecule has 1 aromatic carbocycles. The second-order valence-corrected chi connectivity index (χ2v) is 4.58. The molecule has 0 spiro atoms. The van der Waals surface area contributed by atoms with Gasteiger partial charge in [0.15, 0.2) is 0 Å². The molecule has 0 amide bonds. The quantitative estimate of drug-likeness (QED) is 0.844. The minimum absolute atomic E-state index is 0.331. The van der Waals surface area contributed by atoms with Crippen molar-refractivity contribution in [1.82, 2.24) is 5.32 Å². The van der Waals surface area contributed by atoms with Crippen LogP contribution < -0.4 is 10.1 Å². The molecule has 0 aliphatic heterocycles. The molecule has 0 saturated carbocycles. The van der Waals surface area contributed by atoms with E-state index < -0.39 is 0 Å². The van der Waals surface area contributed by atoms with Gasteiger partial charge >= 0.3 is 0 Å². The molecule has 90 valence electrons. The van der Waals surface area contributed by atoms with Crippen LogP contribution in [0.4, 0.5) is 0 Å². The van der Waals surface area contributed by atoms with E-state index in [0.717, 1.165) is 15.8 Å². The van der Waals surface area contributed by atoms with Crippen molar-refractivity contribution in [3.63, 3.8) is 0 Å². The summed E-state index contributed by atoms with van der Waals surface area (Å²) in [5, 5.41) is 12.3. The Morgan fingerprint density at radius 3 is 2.88 bits per heavy atom. The van der Waals surface area contributed by atoms with Crippen LogP contribution in [-0.4, -0.2) is 24.4 Å². The summed E-state index contributed by atoms with van der Waals surface area (Å²) >= 11 is 3.44. The summed E-state index contributed by atoms with van der Waals surface area (Å²) in [5.41, 5.74) is 1.09. The molecule has 0 fully saturated rings. The minimum Gasteiger partial charge on any atom is -0.494 e. The lowest BCUT2D eigenvalue weighted by molar-refractivity contribution is 0.190. The fourth-order valence-corrected chi connectivity index (χ4v) is 1.81. The molecule has 1 atom stereocenters. The normalized spacial score (nSPS) is 12.5. The fourth-order valence-electron chi connectivity index (χ4n) is 1.40. The number of aliphatic hydroxyl groups excluding tert-OH is 1. The summed E-state index contributed by atoms with van der Waals surface area (Å²) in [6.45, 7) is 5.66. The highest BCUT2D eigenvalue weighted by Gasteiger charge is 2.04. The summed E-state index contributed by atoms with van der Waals surface area (Å²) in [5.74, 6) is 0.892. The van der Waals surface area contributed by atoms with Gasteiger partial charge in [0.25, 0.3) is 0 Å². The number of hydrogen-bond acceptors (Lipinski definition) is 3. The Bertz CT molecular complexity index is 329. The topological polar surface area (TPSA) is 41.5 Å². The van der Waals surface area contributed by atoms with Crippen molar-refractivity contribution in [3.05, 3.63) is 28.2 Å². The van der Waals surface area contributed by atoms with Crippen molar-refractivity contribution < 1.29 is 9.84 Å². The third kappa shape index (κ3) is 4.51. The Hall–Kier alpha value is -0.580. The summed E-state index contributed by atoms with van der Waals surface area (Å²) in [7, 11) is 0. The van der Waals surface area contributed by atoms with Gasteiger partial charge in [-0.25, -0.2) is 0 Å². The van der Waals surface area contributed by atoms with E-state index in [9.17, 15) is 0 Å². The zero-order valence-corrected chi connectivity index (χ0v) is 11.3. The van der Waals surface area contributed by atoms with Gasteiger partial charge in [-0.2, -0.15) is 0 Å². The average Bonchev–Trinajstić information content (AvgIpc) is 2.21. The number of benzene rings is 1. The molecule has 1 rings (SSSR count). The highest BCUT2D eigenvalue weighted by molar-refractivity contribution is 9.10. The lowest BCUT2D eigenvalue weighted by Crippen LogP contribution is -2.24. The first-order valence-electron chi connectivity index (χ1n) is 5.43. The molecule has 1 aromatic rings.